The van der Waals surface area contributed by atoms with Crippen molar-refractivity contribution in [3.05, 3.63) is 51.7 Å². The first-order valence-corrected chi connectivity index (χ1v) is 10.3. The third kappa shape index (κ3) is 4.22. The third-order valence-corrected chi connectivity index (χ3v) is 6.19. The van der Waals surface area contributed by atoms with Gasteiger partial charge >= 0.3 is 0 Å². The highest BCUT2D eigenvalue weighted by Gasteiger charge is 2.28. The molecule has 1 N–H and O–H groups in total. The molecule has 1 aromatic carbocycles. The van der Waals surface area contributed by atoms with Crippen molar-refractivity contribution < 1.29 is 9.53 Å². The summed E-state index contributed by atoms with van der Waals surface area (Å²) in [6, 6.07) is 4.55. The zero-order valence-electron chi connectivity index (χ0n) is 15.9. The van der Waals surface area contributed by atoms with E-state index in [1.807, 2.05) is 18.2 Å². The van der Waals surface area contributed by atoms with Crippen LogP contribution in [0.2, 0.25) is 0 Å². The number of ketones is 1. The van der Waals surface area contributed by atoms with Crippen molar-refractivity contribution in [3.63, 3.8) is 0 Å². The lowest BCUT2D eigenvalue weighted by Crippen LogP contribution is -2.41. The number of halogens is 1. The Morgan fingerprint density at radius 1 is 1.22 bits per heavy atom. The zero-order chi connectivity index (χ0) is 18.8. The predicted molar refractivity (Wildman–Crippen MR) is 108 cm³/mol. The molecule has 4 rings (SSSR count). The van der Waals surface area contributed by atoms with Crippen molar-refractivity contribution in [3.8, 4) is 5.75 Å². The van der Waals surface area contributed by atoms with Gasteiger partial charge in [-0.1, -0.05) is 36.9 Å². The lowest BCUT2D eigenvalue weighted by molar-refractivity contribution is 0.0636. The molecule has 0 bridgehead atoms. The van der Waals surface area contributed by atoms with E-state index in [1.165, 1.54) is 43.2 Å². The first-order chi connectivity index (χ1) is 13.1. The van der Waals surface area contributed by atoms with Crippen molar-refractivity contribution in [2.24, 2.45) is 0 Å². The van der Waals surface area contributed by atoms with E-state index >= 15 is 0 Å². The van der Waals surface area contributed by atoms with Crippen LogP contribution in [0.25, 0.3) is 0 Å². The Kier molecular flexibility index (Phi) is 5.55. The van der Waals surface area contributed by atoms with E-state index in [0.29, 0.717) is 24.5 Å². The Morgan fingerprint density at radius 2 is 2.04 bits per heavy atom. The number of ether oxygens (including phenoxy) is 1. The number of carbonyl (C=O) groups excluding carboxylic acids is 1. The fourth-order valence-electron chi connectivity index (χ4n) is 4.28. The largest absolute Gasteiger partial charge is 0.477 e. The number of nitrogens with one attached hydrogen (secondary N) is 1. The molecule has 2 heterocycles. The number of nitrogens with zero attached hydrogens (tertiary/aromatic N) is 1. The Balaban J connectivity index is 1.54. The van der Waals surface area contributed by atoms with Gasteiger partial charge in [0.25, 0.3) is 0 Å². The summed E-state index contributed by atoms with van der Waals surface area (Å²) in [5.41, 5.74) is 4.32. The van der Waals surface area contributed by atoms with Crippen molar-refractivity contribution in [1.29, 1.82) is 0 Å². The van der Waals surface area contributed by atoms with E-state index in [9.17, 15) is 4.79 Å². The zero-order valence-corrected chi connectivity index (χ0v) is 16.6. The first kappa shape index (κ1) is 18.6. The van der Waals surface area contributed by atoms with Crippen molar-refractivity contribution in [2.45, 2.75) is 51.5 Å². The van der Waals surface area contributed by atoms with Crippen molar-refractivity contribution in [1.82, 2.24) is 10.2 Å². The molecule has 5 heteroatoms. The molecule has 27 heavy (non-hydrogen) atoms. The predicted octanol–water partition coefficient (Wildman–Crippen LogP) is 4.31. The number of aryl methyl sites for hydroxylation is 1. The molecule has 144 valence electrons. The average Bonchev–Trinajstić information content (AvgIpc) is 2.84. The monoisotopic (exact) mass is 386 g/mol. The topological polar surface area (TPSA) is 41.6 Å². The van der Waals surface area contributed by atoms with E-state index in [1.54, 1.807) is 0 Å². The molecule has 4 nitrogen and oxygen atoms in total. The Hall–Kier alpha value is -1.78. The Bertz CT molecular complexity index is 794. The molecule has 0 unspecified atom stereocenters. The van der Waals surface area contributed by atoms with Crippen LogP contribution in [0, 0.1) is 6.92 Å². The number of dihydropyridines is 1. The van der Waals surface area contributed by atoms with Gasteiger partial charge in [-0.3, -0.25) is 9.69 Å². The molecule has 1 aromatic rings. The van der Waals surface area contributed by atoms with Crippen molar-refractivity contribution in [2.75, 3.05) is 19.8 Å². The van der Waals surface area contributed by atoms with Crippen LogP contribution in [0.1, 0.15) is 53.6 Å². The minimum atomic E-state index is 0.174. The van der Waals surface area contributed by atoms with Gasteiger partial charge in [-0.25, -0.2) is 0 Å². The van der Waals surface area contributed by atoms with Gasteiger partial charge in [0.05, 0.1) is 12.1 Å². The summed E-state index contributed by atoms with van der Waals surface area (Å²) in [5.74, 6) is 0.909. The Morgan fingerprint density at radius 3 is 2.78 bits per heavy atom. The van der Waals surface area contributed by atoms with E-state index < -0.39 is 0 Å². The van der Waals surface area contributed by atoms with Crippen LogP contribution in [0.15, 0.2) is 35.0 Å². The Labute approximate surface area is 166 Å². The lowest BCUT2D eigenvalue weighted by Gasteiger charge is -2.32. The molecule has 2 aliphatic heterocycles. The van der Waals surface area contributed by atoms with Gasteiger partial charge in [-0.2, -0.15) is 0 Å². The highest BCUT2D eigenvalue weighted by Crippen LogP contribution is 2.30. The number of Topliss-reactive ketones (excluding diaryl/α,β-unsaturated/α-hetero) is 1. The second-order valence-corrected chi connectivity index (χ2v) is 8.29. The molecule has 1 saturated carbocycles. The summed E-state index contributed by atoms with van der Waals surface area (Å²) < 4.78 is 6.08. The van der Waals surface area contributed by atoms with E-state index in [-0.39, 0.29) is 5.78 Å². The summed E-state index contributed by atoms with van der Waals surface area (Å²) in [7, 11) is 0. The molecule has 0 aromatic heterocycles. The number of allylic oxidation sites excluding steroid dienone is 2. The fraction of sp³-hybridized carbons (Fsp3) is 0.500. The standard InChI is InChI=1S/C22H27ClN2O2/c1-15-9-21-19(11-17(15)10-16-7-8-22(23)24-12-16)20(26)13-25(14-27-21)18-5-3-2-4-6-18/h7-9,11,18,24H,2-6,10,12-14H2,1H3. The second-order valence-electron chi connectivity index (χ2n) is 7.88. The number of carbonyl (C=O) groups is 1. The summed E-state index contributed by atoms with van der Waals surface area (Å²) >= 11 is 5.97. The molecule has 0 atom stereocenters. The molecule has 0 radical (unpaired) electrons. The minimum Gasteiger partial charge on any atom is -0.477 e. The van der Waals surface area contributed by atoms with Crippen LogP contribution in [0.5, 0.6) is 5.75 Å². The molecular weight excluding hydrogens is 360 g/mol. The minimum absolute atomic E-state index is 0.174. The normalized spacial score (nSPS) is 21.5. The van der Waals surface area contributed by atoms with Gasteiger partial charge in [0.2, 0.25) is 0 Å². The van der Waals surface area contributed by atoms with Crippen LogP contribution >= 0.6 is 11.6 Å². The lowest BCUT2D eigenvalue weighted by atomic mass is 9.93. The van der Waals surface area contributed by atoms with Gasteiger partial charge in [0.1, 0.15) is 17.6 Å². The summed E-state index contributed by atoms with van der Waals surface area (Å²) in [6.07, 6.45) is 10.9. The van der Waals surface area contributed by atoms with Crippen LogP contribution in [-0.2, 0) is 6.42 Å². The second kappa shape index (κ2) is 8.07. The maximum absolute atomic E-state index is 13.0. The van der Waals surface area contributed by atoms with Gasteiger partial charge in [0, 0.05) is 12.6 Å². The molecule has 0 spiro atoms. The van der Waals surface area contributed by atoms with E-state index in [2.05, 4.69) is 23.2 Å². The summed E-state index contributed by atoms with van der Waals surface area (Å²) in [6.45, 7) is 3.81. The van der Waals surface area contributed by atoms with Crippen molar-refractivity contribution >= 4 is 17.4 Å². The highest BCUT2D eigenvalue weighted by molar-refractivity contribution is 6.29. The molecule has 0 amide bonds. The maximum Gasteiger partial charge on any atom is 0.180 e. The van der Waals surface area contributed by atoms with E-state index in [4.69, 9.17) is 16.3 Å². The van der Waals surface area contributed by atoms with E-state index in [0.717, 1.165) is 29.8 Å². The van der Waals surface area contributed by atoms with Gasteiger partial charge in [-0.15, -0.1) is 0 Å². The fourth-order valence-corrected chi connectivity index (χ4v) is 4.41. The van der Waals surface area contributed by atoms with Gasteiger partial charge in [0.15, 0.2) is 5.78 Å². The number of rotatable bonds is 3. The third-order valence-electron chi connectivity index (χ3n) is 5.93. The van der Waals surface area contributed by atoms with Crippen LogP contribution in [0.3, 0.4) is 0 Å². The highest BCUT2D eigenvalue weighted by atomic mass is 35.5. The van der Waals surface area contributed by atoms with Crippen LogP contribution in [-0.4, -0.2) is 36.5 Å². The molecule has 3 aliphatic rings. The number of hydrogen-bond acceptors (Lipinski definition) is 4. The van der Waals surface area contributed by atoms with Crippen LogP contribution in [0.4, 0.5) is 0 Å². The SMILES string of the molecule is Cc1cc2c(cc1CC1=CC=C(Cl)NC1)C(=O)CN(C1CCCCC1)CO2. The summed E-state index contributed by atoms with van der Waals surface area (Å²) in [4.78, 5) is 15.2. The maximum atomic E-state index is 13.0. The first-order valence-electron chi connectivity index (χ1n) is 9.93. The number of fused-ring (bicyclic) bond motifs is 1. The smallest absolute Gasteiger partial charge is 0.180 e. The molecular formula is C22H27ClN2O2. The van der Waals surface area contributed by atoms with Gasteiger partial charge in [-0.05, 0) is 61.1 Å². The number of hydrogen-bond donors (Lipinski definition) is 1. The molecule has 1 fully saturated rings. The van der Waals surface area contributed by atoms with Crippen LogP contribution < -0.4 is 10.1 Å². The average molecular weight is 387 g/mol. The van der Waals surface area contributed by atoms with Gasteiger partial charge < -0.3 is 10.1 Å². The molecule has 1 aliphatic carbocycles. The number of benzene rings is 1. The quantitative estimate of drug-likeness (QED) is 0.786. The molecule has 0 saturated heterocycles. The summed E-state index contributed by atoms with van der Waals surface area (Å²) in [5, 5.41) is 3.83.